The lowest BCUT2D eigenvalue weighted by atomic mass is 9.98. The highest BCUT2D eigenvalue weighted by molar-refractivity contribution is 8.14. The number of benzene rings is 2. The number of aryl methyl sites for hydroxylation is 1. The number of esters is 1. The predicted molar refractivity (Wildman–Crippen MR) is 107 cm³/mol. The fourth-order valence-electron chi connectivity index (χ4n) is 2.86. The molecule has 0 bridgehead atoms. The number of hydrogen-bond donors (Lipinski definition) is 1. The van der Waals surface area contributed by atoms with Gasteiger partial charge in [-0.15, -0.1) is 0 Å². The molecule has 27 heavy (non-hydrogen) atoms. The third-order valence-corrected chi connectivity index (χ3v) is 5.68. The van der Waals surface area contributed by atoms with Gasteiger partial charge in [-0.25, -0.2) is 14.2 Å². The van der Waals surface area contributed by atoms with Crippen molar-refractivity contribution in [2.45, 2.75) is 18.6 Å². The summed E-state index contributed by atoms with van der Waals surface area (Å²) in [5, 5.41) is 0.178. The molecule has 0 radical (unpaired) electrons. The summed E-state index contributed by atoms with van der Waals surface area (Å²) in [5.41, 5.74) is 8.98. The van der Waals surface area contributed by atoms with Crippen LogP contribution in [-0.4, -0.2) is 18.2 Å². The minimum atomic E-state index is -0.521. The van der Waals surface area contributed by atoms with E-state index in [-0.39, 0.29) is 17.0 Å². The second-order valence-electron chi connectivity index (χ2n) is 6.09. The highest BCUT2D eigenvalue weighted by Crippen LogP contribution is 2.42. The number of thioether (sulfide) groups is 1. The van der Waals surface area contributed by atoms with Gasteiger partial charge in [0.15, 0.2) is 5.17 Å². The van der Waals surface area contributed by atoms with Crippen molar-refractivity contribution in [1.82, 2.24) is 0 Å². The van der Waals surface area contributed by atoms with E-state index in [9.17, 15) is 9.18 Å². The molecule has 0 aliphatic carbocycles. The molecule has 1 aliphatic heterocycles. The summed E-state index contributed by atoms with van der Waals surface area (Å²) in [5.74, 6) is -0.982. The summed E-state index contributed by atoms with van der Waals surface area (Å²) in [6, 6.07) is 12.2. The number of methoxy groups -OCH3 is 1. The molecule has 0 amide bonds. The maximum Gasteiger partial charge on any atom is 0.337 e. The van der Waals surface area contributed by atoms with Crippen LogP contribution in [0.4, 0.5) is 4.39 Å². The van der Waals surface area contributed by atoms with Crippen LogP contribution in [0.5, 0.6) is 0 Å². The number of ether oxygens (including phenoxy) is 1. The van der Waals surface area contributed by atoms with Crippen molar-refractivity contribution in [1.29, 1.82) is 0 Å². The van der Waals surface area contributed by atoms with E-state index in [1.807, 2.05) is 31.2 Å². The quantitative estimate of drug-likeness (QED) is 0.758. The standard InChI is InChI=1S/C20H18ClFN2O2S/c1-11-6-8-12(9-7-11)18-17(19(25)26-2)16(24-20(23)27-18)10-13-14(21)4-3-5-15(13)22/h3-9,18H,10H2,1-2H3,(H2,23,24). The Bertz CT molecular complexity index is 921. The topological polar surface area (TPSA) is 64.7 Å². The van der Waals surface area contributed by atoms with E-state index < -0.39 is 17.0 Å². The second kappa shape index (κ2) is 8.15. The smallest absolute Gasteiger partial charge is 0.337 e. The third-order valence-electron chi connectivity index (χ3n) is 4.25. The van der Waals surface area contributed by atoms with Gasteiger partial charge in [-0.05, 0) is 24.6 Å². The summed E-state index contributed by atoms with van der Waals surface area (Å²) in [7, 11) is 1.31. The highest BCUT2D eigenvalue weighted by Gasteiger charge is 2.32. The Morgan fingerprint density at radius 3 is 2.63 bits per heavy atom. The lowest BCUT2D eigenvalue weighted by Gasteiger charge is -2.25. The lowest BCUT2D eigenvalue weighted by molar-refractivity contribution is -0.136. The van der Waals surface area contributed by atoms with Crippen LogP contribution >= 0.6 is 23.4 Å². The number of carbonyl (C=O) groups is 1. The Morgan fingerprint density at radius 1 is 1.30 bits per heavy atom. The minimum Gasteiger partial charge on any atom is -0.466 e. The number of allylic oxidation sites excluding steroid dienone is 1. The van der Waals surface area contributed by atoms with Gasteiger partial charge in [-0.2, -0.15) is 0 Å². The van der Waals surface area contributed by atoms with Crippen molar-refractivity contribution in [3.8, 4) is 0 Å². The van der Waals surface area contributed by atoms with Crippen molar-refractivity contribution >= 4 is 34.5 Å². The molecule has 0 aromatic heterocycles. The fourth-order valence-corrected chi connectivity index (χ4v) is 4.14. The van der Waals surface area contributed by atoms with Gasteiger partial charge in [0, 0.05) is 17.0 Å². The number of rotatable bonds is 4. The lowest BCUT2D eigenvalue weighted by Crippen LogP contribution is -2.23. The largest absolute Gasteiger partial charge is 0.466 e. The van der Waals surface area contributed by atoms with Gasteiger partial charge in [-0.1, -0.05) is 59.3 Å². The zero-order valence-electron chi connectivity index (χ0n) is 14.8. The van der Waals surface area contributed by atoms with Gasteiger partial charge in [0.05, 0.1) is 23.6 Å². The first-order chi connectivity index (χ1) is 12.9. The van der Waals surface area contributed by atoms with Gasteiger partial charge in [0.25, 0.3) is 0 Å². The van der Waals surface area contributed by atoms with E-state index in [1.165, 1.54) is 31.0 Å². The van der Waals surface area contributed by atoms with Crippen molar-refractivity contribution in [3.05, 3.63) is 81.3 Å². The van der Waals surface area contributed by atoms with Gasteiger partial charge in [0.2, 0.25) is 0 Å². The number of aliphatic imine (C=N–C) groups is 1. The Balaban J connectivity index is 2.12. The molecule has 0 fully saturated rings. The van der Waals surface area contributed by atoms with E-state index in [2.05, 4.69) is 4.99 Å². The summed E-state index contributed by atoms with van der Waals surface area (Å²) in [6.45, 7) is 1.98. The number of carbonyl (C=O) groups excluding carboxylic acids is 1. The summed E-state index contributed by atoms with van der Waals surface area (Å²) in [6.07, 6.45) is 0.0412. The summed E-state index contributed by atoms with van der Waals surface area (Å²) in [4.78, 5) is 16.9. The summed E-state index contributed by atoms with van der Waals surface area (Å²) < 4.78 is 19.3. The number of hydrogen-bond acceptors (Lipinski definition) is 5. The molecule has 140 valence electrons. The number of amidine groups is 1. The zero-order chi connectivity index (χ0) is 19.6. The minimum absolute atomic E-state index is 0.0412. The number of nitrogens with zero attached hydrogens (tertiary/aromatic N) is 1. The van der Waals surface area contributed by atoms with E-state index in [0.717, 1.165) is 11.1 Å². The van der Waals surface area contributed by atoms with Crippen LogP contribution in [0.25, 0.3) is 0 Å². The van der Waals surface area contributed by atoms with E-state index in [1.54, 1.807) is 6.07 Å². The average molecular weight is 405 g/mol. The van der Waals surface area contributed by atoms with Crippen molar-refractivity contribution < 1.29 is 13.9 Å². The van der Waals surface area contributed by atoms with Crippen LogP contribution in [-0.2, 0) is 16.0 Å². The number of nitrogens with two attached hydrogens (primary N) is 1. The van der Waals surface area contributed by atoms with Crippen LogP contribution in [0, 0.1) is 12.7 Å². The monoisotopic (exact) mass is 404 g/mol. The Kier molecular flexibility index (Phi) is 5.87. The van der Waals surface area contributed by atoms with Crippen LogP contribution < -0.4 is 5.73 Å². The molecule has 2 aromatic carbocycles. The van der Waals surface area contributed by atoms with Crippen molar-refractivity contribution in [2.75, 3.05) is 7.11 Å². The van der Waals surface area contributed by atoms with E-state index >= 15 is 0 Å². The maximum atomic E-state index is 14.3. The number of halogens is 2. The normalized spacial score (nSPS) is 16.9. The van der Waals surface area contributed by atoms with E-state index in [0.29, 0.717) is 16.4 Å². The van der Waals surface area contributed by atoms with Crippen molar-refractivity contribution in [2.24, 2.45) is 10.7 Å². The maximum absolute atomic E-state index is 14.3. The molecular weight excluding hydrogens is 387 g/mol. The Hall–Kier alpha value is -2.31. The second-order valence-corrected chi connectivity index (χ2v) is 7.62. The average Bonchev–Trinajstić information content (AvgIpc) is 2.64. The first kappa shape index (κ1) is 19.5. The predicted octanol–water partition coefficient (Wildman–Crippen LogP) is 4.56. The van der Waals surface area contributed by atoms with Gasteiger partial charge in [-0.3, -0.25) is 0 Å². The van der Waals surface area contributed by atoms with Crippen LogP contribution in [0.1, 0.15) is 21.9 Å². The molecule has 0 spiro atoms. The van der Waals surface area contributed by atoms with Crippen LogP contribution in [0.15, 0.2) is 58.7 Å². The molecule has 1 atom stereocenters. The van der Waals surface area contributed by atoms with Gasteiger partial charge < -0.3 is 10.5 Å². The highest BCUT2D eigenvalue weighted by atomic mass is 35.5. The zero-order valence-corrected chi connectivity index (χ0v) is 16.4. The molecule has 1 heterocycles. The molecule has 0 saturated carbocycles. The fraction of sp³-hybridized carbons (Fsp3) is 0.200. The van der Waals surface area contributed by atoms with Crippen LogP contribution in [0.3, 0.4) is 0 Å². The SMILES string of the molecule is COC(=O)C1=C(Cc2c(F)cccc2Cl)N=C(N)SC1c1ccc(C)cc1. The van der Waals surface area contributed by atoms with Crippen LogP contribution in [0.2, 0.25) is 5.02 Å². The Labute approximate surface area is 166 Å². The molecule has 3 rings (SSSR count). The molecular formula is C20H18ClFN2O2S. The molecule has 2 aromatic rings. The molecule has 7 heteroatoms. The molecule has 1 unspecified atom stereocenters. The third kappa shape index (κ3) is 4.17. The Morgan fingerprint density at radius 2 is 2.00 bits per heavy atom. The molecule has 0 saturated heterocycles. The summed E-state index contributed by atoms with van der Waals surface area (Å²) >= 11 is 7.42. The molecule has 1 aliphatic rings. The first-order valence-corrected chi connectivity index (χ1v) is 9.48. The van der Waals surface area contributed by atoms with Crippen molar-refractivity contribution in [3.63, 3.8) is 0 Å². The van der Waals surface area contributed by atoms with E-state index in [4.69, 9.17) is 22.1 Å². The van der Waals surface area contributed by atoms with Gasteiger partial charge in [0.1, 0.15) is 5.82 Å². The molecule has 2 N–H and O–H groups in total. The van der Waals surface area contributed by atoms with Gasteiger partial charge >= 0.3 is 5.97 Å². The molecule has 4 nitrogen and oxygen atoms in total. The first-order valence-electron chi connectivity index (χ1n) is 8.22.